The third kappa shape index (κ3) is 7.38. The van der Waals surface area contributed by atoms with Crippen LogP contribution in [0.5, 0.6) is 0 Å². The molecule has 36 heavy (non-hydrogen) atoms. The number of carboxylic acids is 1. The average Bonchev–Trinajstić information content (AvgIpc) is 2.88. The number of carboxylic acid groups (broad SMARTS) is 1. The van der Waals surface area contributed by atoms with E-state index in [1.807, 2.05) is 36.5 Å². The second-order valence-electron chi connectivity index (χ2n) is 9.27. The van der Waals surface area contributed by atoms with Gasteiger partial charge in [0.05, 0.1) is 12.6 Å². The van der Waals surface area contributed by atoms with Gasteiger partial charge in [-0.1, -0.05) is 24.3 Å². The quantitative estimate of drug-likeness (QED) is 0.371. The summed E-state index contributed by atoms with van der Waals surface area (Å²) >= 11 is 0. The summed E-state index contributed by atoms with van der Waals surface area (Å²) in [5, 5.41) is 12.3. The lowest BCUT2D eigenvalue weighted by atomic mass is 10.0. The van der Waals surface area contributed by atoms with Crippen LogP contribution in [0.25, 0.3) is 11.1 Å². The van der Waals surface area contributed by atoms with Crippen molar-refractivity contribution in [2.24, 2.45) is 5.73 Å². The van der Waals surface area contributed by atoms with Crippen LogP contribution in [0.2, 0.25) is 0 Å². The van der Waals surface area contributed by atoms with E-state index in [0.717, 1.165) is 68.3 Å². The van der Waals surface area contributed by atoms with Crippen molar-refractivity contribution in [3.8, 4) is 11.1 Å². The van der Waals surface area contributed by atoms with Gasteiger partial charge in [-0.3, -0.25) is 19.6 Å². The average molecular weight is 490 g/mol. The molecule has 1 aliphatic rings. The van der Waals surface area contributed by atoms with E-state index in [1.54, 1.807) is 0 Å². The lowest BCUT2D eigenvalue weighted by Gasteiger charge is -2.33. The Morgan fingerprint density at radius 3 is 2.47 bits per heavy atom. The van der Waals surface area contributed by atoms with E-state index in [0.29, 0.717) is 6.54 Å². The summed E-state index contributed by atoms with van der Waals surface area (Å²) in [6, 6.07) is 12.8. The number of rotatable bonds is 11. The van der Waals surface area contributed by atoms with Gasteiger partial charge in [-0.05, 0) is 35.7 Å². The second kappa shape index (κ2) is 12.6. The fourth-order valence-electron chi connectivity index (χ4n) is 4.46. The minimum absolute atomic E-state index is 0.0523. The molecule has 3 aromatic rings. The summed E-state index contributed by atoms with van der Waals surface area (Å²) in [4.78, 5) is 29.0. The van der Waals surface area contributed by atoms with Crippen LogP contribution >= 0.6 is 0 Å². The van der Waals surface area contributed by atoms with Crippen LogP contribution in [0.4, 0.5) is 0 Å². The molecule has 0 radical (unpaired) electrons. The van der Waals surface area contributed by atoms with Crippen molar-refractivity contribution in [3.05, 3.63) is 77.6 Å². The molecule has 190 valence electrons. The van der Waals surface area contributed by atoms with Crippen LogP contribution in [0, 0.1) is 0 Å². The van der Waals surface area contributed by atoms with Crippen LogP contribution in [-0.4, -0.2) is 81.6 Å². The molecule has 1 fully saturated rings. The van der Waals surface area contributed by atoms with Gasteiger partial charge in [0.15, 0.2) is 0 Å². The van der Waals surface area contributed by atoms with E-state index in [-0.39, 0.29) is 12.6 Å². The lowest BCUT2D eigenvalue weighted by Crippen LogP contribution is -2.47. The van der Waals surface area contributed by atoms with Crippen molar-refractivity contribution < 1.29 is 9.90 Å². The standard InChI is InChI=1S/C27H35N7O2/c1-20(29-8-6-28)27-31-16-24(17-32-27)23-5-7-30-25(15-23)14-21-3-2-4-22(13-21)18-33-9-11-34(12-10-33)19-26(35)36/h2-5,7,13,15-17,20,29H,6,8-12,14,18-19,28H2,1H3,(H,35,36). The summed E-state index contributed by atoms with van der Waals surface area (Å²) in [6.07, 6.45) is 6.30. The van der Waals surface area contributed by atoms with E-state index in [4.69, 9.17) is 10.8 Å². The number of nitrogens with zero attached hydrogens (tertiary/aromatic N) is 5. The maximum Gasteiger partial charge on any atom is 0.317 e. The van der Waals surface area contributed by atoms with Crippen LogP contribution < -0.4 is 11.1 Å². The molecule has 0 bridgehead atoms. The zero-order chi connectivity index (χ0) is 25.3. The van der Waals surface area contributed by atoms with Gasteiger partial charge in [0, 0.05) is 82.1 Å². The monoisotopic (exact) mass is 489 g/mol. The first-order valence-corrected chi connectivity index (χ1v) is 12.4. The lowest BCUT2D eigenvalue weighted by molar-refractivity contribution is -0.138. The molecule has 3 heterocycles. The zero-order valence-corrected chi connectivity index (χ0v) is 20.8. The Morgan fingerprint density at radius 2 is 1.75 bits per heavy atom. The largest absolute Gasteiger partial charge is 0.480 e. The van der Waals surface area contributed by atoms with Gasteiger partial charge >= 0.3 is 5.97 Å². The molecule has 1 saturated heterocycles. The van der Waals surface area contributed by atoms with Crippen molar-refractivity contribution in [2.75, 3.05) is 45.8 Å². The minimum atomic E-state index is -0.761. The number of aromatic nitrogens is 3. The molecule has 1 aliphatic heterocycles. The molecule has 4 N–H and O–H groups in total. The summed E-state index contributed by atoms with van der Waals surface area (Å²) in [5.74, 6) is -0.00908. The molecule has 9 heteroatoms. The zero-order valence-electron chi connectivity index (χ0n) is 20.8. The normalized spacial score (nSPS) is 15.6. The van der Waals surface area contributed by atoms with Gasteiger partial charge in [-0.15, -0.1) is 0 Å². The SMILES string of the molecule is CC(NCCN)c1ncc(-c2ccnc(Cc3cccc(CN4CCN(CC(=O)O)CC4)c3)c2)cn1. The van der Waals surface area contributed by atoms with Gasteiger partial charge in [0.2, 0.25) is 0 Å². The topological polar surface area (TPSA) is 120 Å². The van der Waals surface area contributed by atoms with Crippen molar-refractivity contribution in [3.63, 3.8) is 0 Å². The Hall–Kier alpha value is -3.24. The van der Waals surface area contributed by atoms with Crippen LogP contribution in [-0.2, 0) is 17.8 Å². The number of hydrogen-bond acceptors (Lipinski definition) is 8. The third-order valence-corrected chi connectivity index (χ3v) is 6.41. The number of hydrogen-bond donors (Lipinski definition) is 3. The van der Waals surface area contributed by atoms with Crippen molar-refractivity contribution in [1.29, 1.82) is 0 Å². The number of nitrogens with one attached hydrogen (secondary N) is 1. The first-order valence-electron chi connectivity index (χ1n) is 12.4. The number of carbonyl (C=O) groups is 1. The Bertz CT molecular complexity index is 1130. The van der Waals surface area contributed by atoms with Gasteiger partial charge in [-0.2, -0.15) is 0 Å². The van der Waals surface area contributed by atoms with Crippen molar-refractivity contribution in [2.45, 2.75) is 25.9 Å². The summed E-state index contributed by atoms with van der Waals surface area (Å²) < 4.78 is 0. The molecule has 9 nitrogen and oxygen atoms in total. The maximum absolute atomic E-state index is 10.9. The summed E-state index contributed by atoms with van der Waals surface area (Å²) in [5.41, 5.74) is 11.0. The summed E-state index contributed by atoms with van der Waals surface area (Å²) in [6.45, 7) is 7.66. The predicted molar refractivity (Wildman–Crippen MR) is 139 cm³/mol. The van der Waals surface area contributed by atoms with Crippen molar-refractivity contribution in [1.82, 2.24) is 30.1 Å². The fourth-order valence-corrected chi connectivity index (χ4v) is 4.46. The predicted octanol–water partition coefficient (Wildman–Crippen LogP) is 1.94. The van der Waals surface area contributed by atoms with E-state index in [1.165, 1.54) is 11.1 Å². The molecule has 1 atom stereocenters. The molecule has 1 unspecified atom stereocenters. The number of aliphatic carboxylic acids is 1. The highest BCUT2D eigenvalue weighted by atomic mass is 16.4. The third-order valence-electron chi connectivity index (χ3n) is 6.41. The van der Waals surface area contributed by atoms with Crippen LogP contribution in [0.15, 0.2) is 55.0 Å². The Balaban J connectivity index is 1.36. The molecule has 0 spiro atoms. The number of benzene rings is 1. The van der Waals surface area contributed by atoms with Gasteiger partial charge in [0.25, 0.3) is 0 Å². The van der Waals surface area contributed by atoms with Gasteiger partial charge < -0.3 is 16.2 Å². The molecule has 0 amide bonds. The fraction of sp³-hybridized carbons (Fsp3) is 0.407. The smallest absolute Gasteiger partial charge is 0.317 e. The summed E-state index contributed by atoms with van der Waals surface area (Å²) in [7, 11) is 0. The van der Waals surface area contributed by atoms with Crippen molar-refractivity contribution >= 4 is 5.97 Å². The Morgan fingerprint density at radius 1 is 1.03 bits per heavy atom. The molecule has 0 saturated carbocycles. The number of piperazine rings is 1. The minimum Gasteiger partial charge on any atom is -0.480 e. The second-order valence-corrected chi connectivity index (χ2v) is 9.27. The number of pyridine rings is 1. The van der Waals surface area contributed by atoms with Crippen LogP contribution in [0.3, 0.4) is 0 Å². The van der Waals surface area contributed by atoms with E-state index >= 15 is 0 Å². The Kier molecular flexibility index (Phi) is 9.07. The van der Waals surface area contributed by atoms with Gasteiger partial charge in [0.1, 0.15) is 5.82 Å². The molecular weight excluding hydrogens is 454 g/mol. The Labute approximate surface area is 212 Å². The maximum atomic E-state index is 10.9. The highest BCUT2D eigenvalue weighted by molar-refractivity contribution is 5.69. The molecule has 0 aliphatic carbocycles. The van der Waals surface area contributed by atoms with E-state index in [2.05, 4.69) is 55.5 Å². The van der Waals surface area contributed by atoms with E-state index < -0.39 is 5.97 Å². The van der Waals surface area contributed by atoms with Gasteiger partial charge in [-0.25, -0.2) is 9.97 Å². The number of nitrogens with two attached hydrogens (primary N) is 1. The molecule has 2 aromatic heterocycles. The van der Waals surface area contributed by atoms with E-state index in [9.17, 15) is 4.79 Å². The molecule has 4 rings (SSSR count). The molecular formula is C27H35N7O2. The van der Waals surface area contributed by atoms with Crippen LogP contribution in [0.1, 0.15) is 35.6 Å². The first kappa shape index (κ1) is 25.8. The molecule has 1 aromatic carbocycles. The first-order chi connectivity index (χ1) is 17.5. The highest BCUT2D eigenvalue weighted by Crippen LogP contribution is 2.21. The highest BCUT2D eigenvalue weighted by Gasteiger charge is 2.18.